The molecule has 3 saturated carbocycles. The predicted octanol–water partition coefficient (Wildman–Crippen LogP) is 3.92. The number of hydrogen-bond acceptors (Lipinski definition) is 2. The van der Waals surface area contributed by atoms with Gasteiger partial charge in [0.2, 0.25) is 0 Å². The molecule has 106 valence electrons. The number of hydrogen-bond donors (Lipinski definition) is 0. The van der Waals surface area contributed by atoms with Crippen molar-refractivity contribution in [3.63, 3.8) is 0 Å². The van der Waals surface area contributed by atoms with Crippen LogP contribution in [-0.2, 0) is 9.59 Å². The SMILES string of the molecule is O=C1CCC(CC2CCC3CC(=O)CCC3C2)CC1. The van der Waals surface area contributed by atoms with Crippen LogP contribution in [-0.4, -0.2) is 11.6 Å². The summed E-state index contributed by atoms with van der Waals surface area (Å²) in [5, 5.41) is 0. The third kappa shape index (κ3) is 3.27. The summed E-state index contributed by atoms with van der Waals surface area (Å²) in [6, 6.07) is 0. The van der Waals surface area contributed by atoms with Gasteiger partial charge in [-0.2, -0.15) is 0 Å². The second-order valence-electron chi connectivity index (χ2n) is 7.20. The van der Waals surface area contributed by atoms with Gasteiger partial charge in [-0.15, -0.1) is 0 Å². The second-order valence-corrected chi connectivity index (χ2v) is 7.20. The normalized spacial score (nSPS) is 37.2. The van der Waals surface area contributed by atoms with Gasteiger partial charge < -0.3 is 0 Å². The van der Waals surface area contributed by atoms with Crippen molar-refractivity contribution in [2.75, 3.05) is 0 Å². The van der Waals surface area contributed by atoms with Crippen molar-refractivity contribution in [1.29, 1.82) is 0 Å². The Hall–Kier alpha value is -0.660. The molecule has 0 aromatic carbocycles. The molecule has 3 atom stereocenters. The van der Waals surface area contributed by atoms with Gasteiger partial charge in [-0.05, 0) is 62.2 Å². The molecule has 0 heterocycles. The summed E-state index contributed by atoms with van der Waals surface area (Å²) in [6.45, 7) is 0. The molecule has 3 rings (SSSR count). The fraction of sp³-hybridized carbons (Fsp3) is 0.882. The van der Waals surface area contributed by atoms with Gasteiger partial charge in [0.05, 0.1) is 0 Å². The van der Waals surface area contributed by atoms with Crippen molar-refractivity contribution in [3.05, 3.63) is 0 Å². The molecular weight excluding hydrogens is 236 g/mol. The summed E-state index contributed by atoms with van der Waals surface area (Å²) < 4.78 is 0. The van der Waals surface area contributed by atoms with E-state index in [9.17, 15) is 9.59 Å². The third-order valence-electron chi connectivity index (χ3n) is 5.86. The Kier molecular flexibility index (Phi) is 4.04. The molecule has 3 unspecified atom stereocenters. The quantitative estimate of drug-likeness (QED) is 0.756. The minimum absolute atomic E-state index is 0.478. The first kappa shape index (κ1) is 13.3. The molecule has 0 amide bonds. The van der Waals surface area contributed by atoms with E-state index in [0.717, 1.165) is 62.7 Å². The van der Waals surface area contributed by atoms with Crippen LogP contribution in [0.3, 0.4) is 0 Å². The van der Waals surface area contributed by atoms with Gasteiger partial charge >= 0.3 is 0 Å². The maximum absolute atomic E-state index is 11.5. The highest BCUT2D eigenvalue weighted by Gasteiger charge is 2.35. The maximum Gasteiger partial charge on any atom is 0.133 e. The zero-order valence-corrected chi connectivity index (χ0v) is 11.9. The molecule has 0 N–H and O–H groups in total. The molecule has 3 fully saturated rings. The lowest BCUT2D eigenvalue weighted by molar-refractivity contribution is -0.123. The second kappa shape index (κ2) is 5.76. The molecule has 3 aliphatic rings. The largest absolute Gasteiger partial charge is 0.300 e. The number of ketones is 2. The number of fused-ring (bicyclic) bond motifs is 1. The molecule has 3 aliphatic carbocycles. The molecule has 0 saturated heterocycles. The Morgan fingerprint density at radius 1 is 0.737 bits per heavy atom. The molecule has 2 heteroatoms. The van der Waals surface area contributed by atoms with Crippen molar-refractivity contribution in [1.82, 2.24) is 0 Å². The van der Waals surface area contributed by atoms with Crippen molar-refractivity contribution < 1.29 is 9.59 Å². The van der Waals surface area contributed by atoms with E-state index in [1.807, 2.05) is 0 Å². The number of carbonyl (C=O) groups is 2. The Morgan fingerprint density at radius 2 is 1.47 bits per heavy atom. The molecule has 0 radical (unpaired) electrons. The minimum Gasteiger partial charge on any atom is -0.300 e. The molecular formula is C17H26O2. The molecule has 0 spiro atoms. The Morgan fingerprint density at radius 3 is 2.26 bits per heavy atom. The predicted molar refractivity (Wildman–Crippen MR) is 74.8 cm³/mol. The Bertz CT molecular complexity index is 348. The van der Waals surface area contributed by atoms with Crippen molar-refractivity contribution in [2.24, 2.45) is 23.7 Å². The topological polar surface area (TPSA) is 34.1 Å². The Balaban J connectivity index is 1.48. The average molecular weight is 262 g/mol. The van der Waals surface area contributed by atoms with Crippen LogP contribution in [0.1, 0.15) is 70.6 Å². The van der Waals surface area contributed by atoms with Crippen LogP contribution in [0.5, 0.6) is 0 Å². The molecule has 0 aliphatic heterocycles. The number of Topliss-reactive ketones (excluding diaryl/α,β-unsaturated/α-hetero) is 2. The molecule has 0 bridgehead atoms. The van der Waals surface area contributed by atoms with Gasteiger partial charge in [0.25, 0.3) is 0 Å². The van der Waals surface area contributed by atoms with Crippen LogP contribution in [0, 0.1) is 23.7 Å². The van der Waals surface area contributed by atoms with Crippen molar-refractivity contribution in [3.8, 4) is 0 Å². The highest BCUT2D eigenvalue weighted by atomic mass is 16.1. The zero-order chi connectivity index (χ0) is 13.2. The summed E-state index contributed by atoms with van der Waals surface area (Å²) in [7, 11) is 0. The molecule has 19 heavy (non-hydrogen) atoms. The maximum atomic E-state index is 11.5. The van der Waals surface area contributed by atoms with Gasteiger partial charge in [0.15, 0.2) is 0 Å². The van der Waals surface area contributed by atoms with Gasteiger partial charge in [-0.25, -0.2) is 0 Å². The lowest BCUT2D eigenvalue weighted by atomic mass is 9.65. The standard InChI is InChI=1S/C17H26O2/c18-16-6-2-12(3-7-16)9-13-1-4-15-11-17(19)8-5-14(15)10-13/h12-15H,1-11H2. The highest BCUT2D eigenvalue weighted by molar-refractivity contribution is 5.79. The van der Waals surface area contributed by atoms with E-state index < -0.39 is 0 Å². The summed E-state index contributed by atoms with van der Waals surface area (Å²) >= 11 is 0. The first-order valence-electron chi connectivity index (χ1n) is 8.24. The van der Waals surface area contributed by atoms with Gasteiger partial charge in [-0.1, -0.05) is 6.42 Å². The monoisotopic (exact) mass is 262 g/mol. The number of carbonyl (C=O) groups excluding carboxylic acids is 2. The van der Waals surface area contributed by atoms with Gasteiger partial charge in [-0.3, -0.25) is 9.59 Å². The van der Waals surface area contributed by atoms with Crippen LogP contribution < -0.4 is 0 Å². The van der Waals surface area contributed by atoms with Gasteiger partial charge in [0.1, 0.15) is 11.6 Å². The van der Waals surface area contributed by atoms with E-state index in [1.54, 1.807) is 0 Å². The van der Waals surface area contributed by atoms with E-state index in [2.05, 4.69) is 0 Å². The first-order valence-corrected chi connectivity index (χ1v) is 8.24. The van der Waals surface area contributed by atoms with Gasteiger partial charge in [0, 0.05) is 25.7 Å². The summed E-state index contributed by atoms with van der Waals surface area (Å²) in [6.07, 6.45) is 12.1. The fourth-order valence-corrected chi connectivity index (χ4v) is 4.71. The van der Waals surface area contributed by atoms with Crippen molar-refractivity contribution >= 4 is 11.6 Å². The lowest BCUT2D eigenvalue weighted by Gasteiger charge is -2.40. The fourth-order valence-electron chi connectivity index (χ4n) is 4.71. The third-order valence-corrected chi connectivity index (χ3v) is 5.86. The summed E-state index contributed by atoms with van der Waals surface area (Å²) in [5.41, 5.74) is 0. The minimum atomic E-state index is 0.478. The Labute approximate surface area is 116 Å². The zero-order valence-electron chi connectivity index (χ0n) is 11.9. The van der Waals surface area contributed by atoms with Crippen LogP contribution in [0.4, 0.5) is 0 Å². The van der Waals surface area contributed by atoms with Crippen LogP contribution in [0.25, 0.3) is 0 Å². The van der Waals surface area contributed by atoms with E-state index >= 15 is 0 Å². The van der Waals surface area contributed by atoms with Crippen molar-refractivity contribution in [2.45, 2.75) is 70.6 Å². The van der Waals surface area contributed by atoms with Crippen LogP contribution >= 0.6 is 0 Å². The summed E-state index contributed by atoms with van der Waals surface area (Å²) in [4.78, 5) is 22.8. The highest BCUT2D eigenvalue weighted by Crippen LogP contribution is 2.44. The molecule has 0 aromatic heterocycles. The van der Waals surface area contributed by atoms with E-state index in [1.165, 1.54) is 25.7 Å². The van der Waals surface area contributed by atoms with Crippen LogP contribution in [0.2, 0.25) is 0 Å². The smallest absolute Gasteiger partial charge is 0.133 e. The van der Waals surface area contributed by atoms with E-state index in [4.69, 9.17) is 0 Å². The van der Waals surface area contributed by atoms with E-state index in [-0.39, 0.29) is 0 Å². The lowest BCUT2D eigenvalue weighted by Crippen LogP contribution is -2.32. The van der Waals surface area contributed by atoms with Crippen LogP contribution in [0.15, 0.2) is 0 Å². The first-order chi connectivity index (χ1) is 9.20. The number of rotatable bonds is 2. The average Bonchev–Trinajstić information content (AvgIpc) is 2.42. The summed E-state index contributed by atoms with van der Waals surface area (Å²) in [5.74, 6) is 4.22. The van der Waals surface area contributed by atoms with E-state index in [0.29, 0.717) is 17.5 Å². The molecule has 0 aromatic rings. The molecule has 2 nitrogen and oxygen atoms in total.